The smallest absolute Gasteiger partial charge is 0.306 e. The fourth-order valence-electron chi connectivity index (χ4n) is 2.32. The summed E-state index contributed by atoms with van der Waals surface area (Å²) in [6, 6.07) is 0. The Balaban J connectivity index is 2.11. The summed E-state index contributed by atoms with van der Waals surface area (Å²) in [6.07, 6.45) is 9.02. The highest BCUT2D eigenvalue weighted by atomic mass is 16.5. The molecule has 0 amide bonds. The van der Waals surface area contributed by atoms with E-state index in [4.69, 9.17) is 4.74 Å². The van der Waals surface area contributed by atoms with Crippen LogP contribution >= 0.6 is 0 Å². The van der Waals surface area contributed by atoms with E-state index in [9.17, 15) is 4.79 Å². The zero-order chi connectivity index (χ0) is 11.1. The number of hydrogen-bond acceptors (Lipinski definition) is 2. The first-order chi connectivity index (χ1) is 7.26. The maximum absolute atomic E-state index is 11.5. The van der Waals surface area contributed by atoms with E-state index in [0.717, 1.165) is 25.2 Å². The molecule has 1 saturated carbocycles. The van der Waals surface area contributed by atoms with Gasteiger partial charge in [-0.05, 0) is 25.2 Å². The lowest BCUT2D eigenvalue weighted by molar-refractivity contribution is -0.149. The number of esters is 1. The molecule has 88 valence electrons. The van der Waals surface area contributed by atoms with Crippen molar-refractivity contribution in [2.75, 3.05) is 0 Å². The quantitative estimate of drug-likeness (QED) is 0.628. The molecule has 1 fully saturated rings. The highest BCUT2D eigenvalue weighted by Gasteiger charge is 2.17. The van der Waals surface area contributed by atoms with Gasteiger partial charge in [-0.25, -0.2) is 0 Å². The summed E-state index contributed by atoms with van der Waals surface area (Å²) in [6.45, 7) is 4.14. The lowest BCUT2D eigenvalue weighted by Gasteiger charge is -2.14. The van der Waals surface area contributed by atoms with E-state index in [1.54, 1.807) is 0 Å². The molecule has 0 heterocycles. The van der Waals surface area contributed by atoms with Crippen LogP contribution in [0.25, 0.3) is 0 Å². The molecule has 0 unspecified atom stereocenters. The van der Waals surface area contributed by atoms with Gasteiger partial charge in [0.2, 0.25) is 0 Å². The van der Waals surface area contributed by atoms with Gasteiger partial charge in [-0.2, -0.15) is 0 Å². The minimum atomic E-state index is 0.00981. The molecule has 1 rings (SSSR count). The molecule has 0 bridgehead atoms. The molecule has 0 aliphatic heterocycles. The number of hydrogen-bond donors (Lipinski definition) is 0. The van der Waals surface area contributed by atoms with Crippen molar-refractivity contribution in [2.24, 2.45) is 5.92 Å². The zero-order valence-corrected chi connectivity index (χ0v) is 10.1. The Morgan fingerprint density at radius 3 is 2.40 bits per heavy atom. The average Bonchev–Trinajstić information content (AvgIpc) is 2.75. The summed E-state index contributed by atoms with van der Waals surface area (Å²) in [5.41, 5.74) is 0. The topological polar surface area (TPSA) is 26.3 Å². The van der Waals surface area contributed by atoms with Crippen molar-refractivity contribution in [3.63, 3.8) is 0 Å². The van der Waals surface area contributed by atoms with Gasteiger partial charge in [0.25, 0.3) is 0 Å². The normalized spacial score (nSPS) is 17.3. The summed E-state index contributed by atoms with van der Waals surface area (Å²) in [5, 5.41) is 0. The van der Waals surface area contributed by atoms with Crippen LogP contribution in [0.15, 0.2) is 0 Å². The number of carbonyl (C=O) groups is 1. The Kier molecular flexibility index (Phi) is 5.74. The van der Waals surface area contributed by atoms with E-state index in [0.29, 0.717) is 6.42 Å². The monoisotopic (exact) mass is 212 g/mol. The van der Waals surface area contributed by atoms with Crippen LogP contribution in [0, 0.1) is 5.92 Å². The molecule has 2 heteroatoms. The van der Waals surface area contributed by atoms with E-state index in [1.165, 1.54) is 25.7 Å². The van der Waals surface area contributed by atoms with Crippen LogP contribution in [0.2, 0.25) is 0 Å². The molecule has 0 atom stereocenters. The van der Waals surface area contributed by atoms with Crippen LogP contribution < -0.4 is 0 Å². The summed E-state index contributed by atoms with van der Waals surface area (Å²) in [7, 11) is 0. The van der Waals surface area contributed by atoms with Crippen molar-refractivity contribution in [1.82, 2.24) is 0 Å². The highest BCUT2D eigenvalue weighted by molar-refractivity contribution is 5.69. The van der Waals surface area contributed by atoms with Crippen LogP contribution in [-0.4, -0.2) is 12.1 Å². The fraction of sp³-hybridized carbons (Fsp3) is 0.923. The Labute approximate surface area is 93.4 Å². The van der Waals surface area contributed by atoms with Gasteiger partial charge in [-0.15, -0.1) is 0 Å². The third-order valence-corrected chi connectivity index (χ3v) is 3.44. The van der Waals surface area contributed by atoms with E-state index in [-0.39, 0.29) is 12.1 Å². The predicted molar refractivity (Wildman–Crippen MR) is 61.7 cm³/mol. The standard InChI is InChI=1S/C13H24O2/c1-3-12(4-2)15-13(14)10-9-11-7-5-6-8-11/h11-12H,3-10H2,1-2H3. The lowest BCUT2D eigenvalue weighted by Crippen LogP contribution is -2.16. The van der Waals surface area contributed by atoms with E-state index >= 15 is 0 Å². The van der Waals surface area contributed by atoms with Crippen molar-refractivity contribution >= 4 is 5.97 Å². The van der Waals surface area contributed by atoms with Crippen molar-refractivity contribution in [3.8, 4) is 0 Å². The van der Waals surface area contributed by atoms with Gasteiger partial charge in [0, 0.05) is 6.42 Å². The third-order valence-electron chi connectivity index (χ3n) is 3.44. The molecule has 15 heavy (non-hydrogen) atoms. The van der Waals surface area contributed by atoms with Crippen LogP contribution in [0.3, 0.4) is 0 Å². The van der Waals surface area contributed by atoms with Gasteiger partial charge in [-0.3, -0.25) is 4.79 Å². The molecule has 0 radical (unpaired) electrons. The maximum atomic E-state index is 11.5. The minimum Gasteiger partial charge on any atom is -0.462 e. The number of ether oxygens (including phenoxy) is 1. The largest absolute Gasteiger partial charge is 0.462 e. The van der Waals surface area contributed by atoms with Crippen LogP contribution in [0.5, 0.6) is 0 Å². The fourth-order valence-corrected chi connectivity index (χ4v) is 2.32. The van der Waals surface area contributed by atoms with Crippen molar-refractivity contribution in [2.45, 2.75) is 71.3 Å². The second-order valence-electron chi connectivity index (χ2n) is 4.62. The van der Waals surface area contributed by atoms with Crippen molar-refractivity contribution in [3.05, 3.63) is 0 Å². The Bertz CT molecular complexity index is 179. The Morgan fingerprint density at radius 1 is 1.27 bits per heavy atom. The molecule has 1 aliphatic rings. The highest BCUT2D eigenvalue weighted by Crippen LogP contribution is 2.28. The average molecular weight is 212 g/mol. The van der Waals surface area contributed by atoms with E-state index < -0.39 is 0 Å². The molecule has 0 aromatic carbocycles. The predicted octanol–water partition coefficient (Wildman–Crippen LogP) is 3.69. The first-order valence-corrected chi connectivity index (χ1v) is 6.45. The van der Waals surface area contributed by atoms with Gasteiger partial charge in [-0.1, -0.05) is 39.5 Å². The molecule has 2 nitrogen and oxygen atoms in total. The third kappa shape index (κ3) is 4.67. The number of carbonyl (C=O) groups excluding carboxylic acids is 1. The van der Waals surface area contributed by atoms with Gasteiger partial charge in [0.1, 0.15) is 6.10 Å². The zero-order valence-electron chi connectivity index (χ0n) is 10.1. The lowest BCUT2D eigenvalue weighted by atomic mass is 10.0. The summed E-state index contributed by atoms with van der Waals surface area (Å²) in [4.78, 5) is 11.5. The molecular formula is C13H24O2. The second-order valence-corrected chi connectivity index (χ2v) is 4.62. The maximum Gasteiger partial charge on any atom is 0.306 e. The summed E-state index contributed by atoms with van der Waals surface area (Å²) >= 11 is 0. The second kappa shape index (κ2) is 6.86. The van der Waals surface area contributed by atoms with Crippen molar-refractivity contribution < 1.29 is 9.53 Å². The molecule has 0 spiro atoms. The molecular weight excluding hydrogens is 188 g/mol. The van der Waals surface area contributed by atoms with Gasteiger partial charge in [0.15, 0.2) is 0 Å². The Morgan fingerprint density at radius 2 is 1.87 bits per heavy atom. The van der Waals surface area contributed by atoms with Gasteiger partial charge in [0.05, 0.1) is 0 Å². The molecule has 0 aromatic rings. The van der Waals surface area contributed by atoms with Crippen LogP contribution in [-0.2, 0) is 9.53 Å². The van der Waals surface area contributed by atoms with E-state index in [2.05, 4.69) is 13.8 Å². The first-order valence-electron chi connectivity index (χ1n) is 6.45. The summed E-state index contributed by atoms with van der Waals surface area (Å²) in [5.74, 6) is 0.801. The number of rotatable bonds is 6. The first kappa shape index (κ1) is 12.5. The molecule has 1 aliphatic carbocycles. The minimum absolute atomic E-state index is 0.00981. The van der Waals surface area contributed by atoms with Gasteiger partial charge < -0.3 is 4.74 Å². The molecule has 0 saturated heterocycles. The van der Waals surface area contributed by atoms with E-state index in [1.807, 2.05) is 0 Å². The van der Waals surface area contributed by atoms with Gasteiger partial charge >= 0.3 is 5.97 Å². The molecule has 0 aromatic heterocycles. The molecule has 0 N–H and O–H groups in total. The summed E-state index contributed by atoms with van der Waals surface area (Å²) < 4.78 is 5.37. The Hall–Kier alpha value is -0.530. The van der Waals surface area contributed by atoms with Crippen LogP contribution in [0.4, 0.5) is 0 Å². The van der Waals surface area contributed by atoms with Crippen molar-refractivity contribution in [1.29, 1.82) is 0 Å². The van der Waals surface area contributed by atoms with Crippen LogP contribution in [0.1, 0.15) is 65.2 Å². The SMILES string of the molecule is CCC(CC)OC(=O)CCC1CCCC1.